The third-order valence-corrected chi connectivity index (χ3v) is 14.2. The Kier molecular flexibility index (Phi) is 5.23. The van der Waals surface area contributed by atoms with E-state index in [-0.39, 0.29) is 40.3 Å². The largest absolute Gasteiger partial charge is 0.344 e. The monoisotopic (exact) mass is 450 g/mol. The summed E-state index contributed by atoms with van der Waals surface area (Å²) in [6, 6.07) is 9.22. The van der Waals surface area contributed by atoms with E-state index in [4.69, 9.17) is 18.9 Å². The van der Waals surface area contributed by atoms with E-state index in [0.717, 1.165) is 0 Å². The molecular formula is C24H36O4P2. The van der Waals surface area contributed by atoms with Gasteiger partial charge >= 0.3 is 0 Å². The van der Waals surface area contributed by atoms with E-state index < -0.39 is 11.6 Å². The van der Waals surface area contributed by atoms with Crippen molar-refractivity contribution >= 4 is 26.5 Å². The fraction of sp³-hybridized carbons (Fsp3) is 0.750. The van der Waals surface area contributed by atoms with Crippen molar-refractivity contribution in [1.82, 2.24) is 0 Å². The van der Waals surface area contributed by atoms with Crippen molar-refractivity contribution in [3.63, 3.8) is 0 Å². The SMILES string of the molecule is CC1C2OC(C)(C)OC2[C@H](C)P1c1ccccc1P1C(C)[C@H]2OC(C)(C)OC2[C@@H]1C. The maximum Gasteiger partial charge on any atom is 0.163 e. The molecule has 5 rings (SSSR count). The molecule has 6 heteroatoms. The molecule has 166 valence electrons. The van der Waals surface area contributed by atoms with Crippen molar-refractivity contribution in [3.05, 3.63) is 24.3 Å². The zero-order valence-electron chi connectivity index (χ0n) is 19.5. The molecule has 4 saturated heterocycles. The van der Waals surface area contributed by atoms with E-state index >= 15 is 0 Å². The topological polar surface area (TPSA) is 36.9 Å². The maximum absolute atomic E-state index is 6.36. The van der Waals surface area contributed by atoms with E-state index in [1.165, 1.54) is 0 Å². The second kappa shape index (κ2) is 7.21. The lowest BCUT2D eigenvalue weighted by Gasteiger charge is -2.33. The molecule has 0 aromatic heterocycles. The smallest absolute Gasteiger partial charge is 0.163 e. The van der Waals surface area contributed by atoms with Crippen LogP contribution in [0.3, 0.4) is 0 Å². The van der Waals surface area contributed by atoms with Gasteiger partial charge in [-0.3, -0.25) is 0 Å². The van der Waals surface area contributed by atoms with Gasteiger partial charge in [0.1, 0.15) is 0 Å². The van der Waals surface area contributed by atoms with Crippen LogP contribution in [0.2, 0.25) is 0 Å². The lowest BCUT2D eigenvalue weighted by molar-refractivity contribution is -0.147. The summed E-state index contributed by atoms with van der Waals surface area (Å²) < 4.78 is 25.4. The molecule has 7 unspecified atom stereocenters. The Morgan fingerprint density at radius 2 is 0.833 bits per heavy atom. The Balaban J connectivity index is 1.48. The molecule has 0 spiro atoms. The van der Waals surface area contributed by atoms with E-state index in [1.807, 2.05) is 27.7 Å². The van der Waals surface area contributed by atoms with Gasteiger partial charge in [-0.2, -0.15) is 0 Å². The van der Waals surface area contributed by atoms with E-state index in [2.05, 4.69) is 52.0 Å². The minimum atomic E-state index is -0.462. The first-order valence-electron chi connectivity index (χ1n) is 11.4. The summed E-state index contributed by atoms with van der Waals surface area (Å²) in [6.45, 7) is 17.7. The number of fused-ring (bicyclic) bond motifs is 2. The fourth-order valence-corrected chi connectivity index (χ4v) is 13.6. The average Bonchev–Trinajstić information content (AvgIpc) is 3.29. The molecular weight excluding hydrogens is 414 g/mol. The van der Waals surface area contributed by atoms with Crippen LogP contribution >= 0.6 is 15.8 Å². The van der Waals surface area contributed by atoms with Gasteiger partial charge in [-0.15, -0.1) is 0 Å². The van der Waals surface area contributed by atoms with E-state index in [9.17, 15) is 0 Å². The van der Waals surface area contributed by atoms with Crippen molar-refractivity contribution < 1.29 is 18.9 Å². The second-order valence-corrected chi connectivity index (χ2v) is 16.2. The summed E-state index contributed by atoms with van der Waals surface area (Å²) in [5, 5.41) is 3.13. The summed E-state index contributed by atoms with van der Waals surface area (Å²) in [4.78, 5) is 0. The van der Waals surface area contributed by atoms with Crippen LogP contribution in [-0.4, -0.2) is 58.6 Å². The molecule has 0 radical (unpaired) electrons. The van der Waals surface area contributed by atoms with Crippen LogP contribution in [0.15, 0.2) is 24.3 Å². The number of ether oxygens (including phenoxy) is 4. The quantitative estimate of drug-likeness (QED) is 0.621. The minimum absolute atomic E-state index is 0.201. The molecule has 10 atom stereocenters. The van der Waals surface area contributed by atoms with Crippen LogP contribution in [-0.2, 0) is 18.9 Å². The molecule has 4 aliphatic heterocycles. The van der Waals surface area contributed by atoms with Gasteiger partial charge in [-0.1, -0.05) is 67.8 Å². The Labute approximate surface area is 183 Å². The molecule has 4 aliphatic rings. The molecule has 0 N–H and O–H groups in total. The first kappa shape index (κ1) is 21.7. The summed E-state index contributed by atoms with van der Waals surface area (Å²) >= 11 is 0. The van der Waals surface area contributed by atoms with Gasteiger partial charge in [0.05, 0.1) is 24.4 Å². The Hall–Kier alpha value is -0.0800. The standard InChI is InChI=1S/C24H36O4P2/c1-13-19-20(26-23(5,6)25-19)14(2)29(13)17-11-9-10-12-18(17)30-15(3)21-22(16(30)4)28-24(7,8)27-21/h9-16,19-22H,1-8H3/t13-,14?,15-,16?,19?,20+,21?,22?,29?,30?/m0/s1. The van der Waals surface area contributed by atoms with Gasteiger partial charge < -0.3 is 18.9 Å². The zero-order chi connectivity index (χ0) is 21.6. The van der Waals surface area contributed by atoms with Gasteiger partial charge in [0.25, 0.3) is 0 Å². The molecule has 4 nitrogen and oxygen atoms in total. The normalized spacial score (nSPS) is 48.7. The second-order valence-electron chi connectivity index (χ2n) is 10.4. The maximum atomic E-state index is 6.36. The Morgan fingerprint density at radius 1 is 0.567 bits per heavy atom. The first-order valence-corrected chi connectivity index (χ1v) is 14.3. The van der Waals surface area contributed by atoms with Crippen LogP contribution in [0.5, 0.6) is 0 Å². The third kappa shape index (κ3) is 3.25. The molecule has 1 aromatic carbocycles. The fourth-order valence-electron chi connectivity index (χ4n) is 6.28. The summed E-state index contributed by atoms with van der Waals surface area (Å²) in [5.74, 6) is -0.924. The van der Waals surface area contributed by atoms with Gasteiger partial charge in [0.15, 0.2) is 11.6 Å². The Bertz CT molecular complexity index is 720. The summed E-state index contributed by atoms with van der Waals surface area (Å²) in [6.07, 6.45) is 0.805. The molecule has 0 bridgehead atoms. The molecule has 4 fully saturated rings. The molecule has 4 heterocycles. The Morgan fingerprint density at radius 3 is 1.10 bits per heavy atom. The predicted molar refractivity (Wildman–Crippen MR) is 125 cm³/mol. The highest BCUT2D eigenvalue weighted by molar-refractivity contribution is 7.73. The number of benzene rings is 1. The van der Waals surface area contributed by atoms with Crippen LogP contribution in [0.25, 0.3) is 0 Å². The summed E-state index contributed by atoms with van der Waals surface area (Å²) in [7, 11) is -0.723. The van der Waals surface area contributed by atoms with Crippen molar-refractivity contribution in [2.45, 2.75) is 114 Å². The van der Waals surface area contributed by atoms with Gasteiger partial charge in [-0.25, -0.2) is 0 Å². The molecule has 30 heavy (non-hydrogen) atoms. The highest BCUT2D eigenvalue weighted by Gasteiger charge is 2.58. The molecule has 0 saturated carbocycles. The van der Waals surface area contributed by atoms with Crippen molar-refractivity contribution in [1.29, 1.82) is 0 Å². The molecule has 1 aromatic rings. The highest BCUT2D eigenvalue weighted by Crippen LogP contribution is 2.63. The third-order valence-electron chi connectivity index (χ3n) is 7.42. The van der Waals surface area contributed by atoms with Crippen molar-refractivity contribution in [2.75, 3.05) is 0 Å². The number of hydrogen-bond donors (Lipinski definition) is 0. The van der Waals surface area contributed by atoms with Crippen LogP contribution in [0.1, 0.15) is 55.4 Å². The zero-order valence-corrected chi connectivity index (χ0v) is 21.2. The number of rotatable bonds is 2. The predicted octanol–water partition coefficient (Wildman–Crippen LogP) is 4.52. The van der Waals surface area contributed by atoms with E-state index in [1.54, 1.807) is 10.6 Å². The molecule has 0 amide bonds. The van der Waals surface area contributed by atoms with Crippen LogP contribution in [0.4, 0.5) is 0 Å². The van der Waals surface area contributed by atoms with Gasteiger partial charge in [0.2, 0.25) is 0 Å². The lowest BCUT2D eigenvalue weighted by Crippen LogP contribution is -2.34. The van der Waals surface area contributed by atoms with E-state index in [0.29, 0.717) is 22.6 Å². The van der Waals surface area contributed by atoms with Crippen molar-refractivity contribution in [2.24, 2.45) is 0 Å². The van der Waals surface area contributed by atoms with Gasteiger partial charge in [0, 0.05) is 22.6 Å². The lowest BCUT2D eigenvalue weighted by atomic mass is 10.1. The number of hydrogen-bond acceptors (Lipinski definition) is 4. The first-order chi connectivity index (χ1) is 14.0. The van der Waals surface area contributed by atoms with Crippen LogP contribution in [0, 0.1) is 0 Å². The highest BCUT2D eigenvalue weighted by atomic mass is 31.1. The minimum Gasteiger partial charge on any atom is -0.344 e. The molecule has 0 aliphatic carbocycles. The summed E-state index contributed by atoms with van der Waals surface area (Å²) in [5.41, 5.74) is 1.99. The average molecular weight is 450 g/mol. The van der Waals surface area contributed by atoms with Crippen LogP contribution < -0.4 is 10.6 Å². The van der Waals surface area contributed by atoms with Gasteiger partial charge in [-0.05, 0) is 38.3 Å². The van der Waals surface area contributed by atoms with Crippen molar-refractivity contribution in [3.8, 4) is 0 Å².